The first kappa shape index (κ1) is 18.3. The van der Waals surface area contributed by atoms with E-state index >= 15 is 0 Å². The van der Waals surface area contributed by atoms with Crippen molar-refractivity contribution in [1.82, 2.24) is 4.90 Å². The van der Waals surface area contributed by atoms with E-state index in [1.54, 1.807) is 29.2 Å². The summed E-state index contributed by atoms with van der Waals surface area (Å²) in [5.74, 6) is 2.16. The second-order valence-corrected chi connectivity index (χ2v) is 5.92. The van der Waals surface area contributed by atoms with Gasteiger partial charge < -0.3 is 14.1 Å². The highest BCUT2D eigenvalue weighted by Gasteiger charge is 2.16. The van der Waals surface area contributed by atoms with Gasteiger partial charge in [-0.3, -0.25) is 4.79 Å². The van der Waals surface area contributed by atoms with Gasteiger partial charge >= 0.3 is 0 Å². The molecule has 0 spiro atoms. The first-order valence-electron chi connectivity index (χ1n) is 8.13. The Labute approximate surface area is 148 Å². The molecule has 1 heterocycles. The third-order valence-corrected chi connectivity index (χ3v) is 3.63. The molecule has 0 radical (unpaired) electrons. The number of ether oxygens (including phenoxy) is 1. The maximum absolute atomic E-state index is 12.5. The van der Waals surface area contributed by atoms with Crippen LogP contribution in [0.25, 0.3) is 6.08 Å². The Bertz CT molecular complexity index is 767. The van der Waals surface area contributed by atoms with Crippen molar-refractivity contribution in [3.63, 3.8) is 0 Å². The topological polar surface area (TPSA) is 66.5 Å². The molecule has 0 aliphatic carbocycles. The Balaban J connectivity index is 2.02. The van der Waals surface area contributed by atoms with Gasteiger partial charge in [0.15, 0.2) is 6.61 Å². The summed E-state index contributed by atoms with van der Waals surface area (Å²) >= 11 is 0. The predicted molar refractivity (Wildman–Crippen MR) is 95.7 cm³/mol. The standard InChI is InChI=1S/C20H22N2O3/c1-15(2)22(14-19-8-4-16(3)25-19)20(23)11-7-17-5-9-18(10-6-17)24-13-12-21/h4-11,15H,13-14H2,1-3H3/b11-7+. The average Bonchev–Trinajstić information content (AvgIpc) is 3.01. The first-order chi connectivity index (χ1) is 12.0. The number of nitriles is 1. The number of amides is 1. The van der Waals surface area contributed by atoms with Crippen molar-refractivity contribution in [3.8, 4) is 11.8 Å². The lowest BCUT2D eigenvalue weighted by molar-refractivity contribution is -0.128. The Hall–Kier alpha value is -3.00. The molecule has 0 aliphatic rings. The van der Waals surface area contributed by atoms with Crippen LogP contribution in [0.15, 0.2) is 46.9 Å². The molecule has 1 amide bonds. The summed E-state index contributed by atoms with van der Waals surface area (Å²) in [6.45, 7) is 6.29. The summed E-state index contributed by atoms with van der Waals surface area (Å²) in [5, 5.41) is 8.50. The third kappa shape index (κ3) is 5.54. The second-order valence-electron chi connectivity index (χ2n) is 5.92. The van der Waals surface area contributed by atoms with Gasteiger partial charge in [0, 0.05) is 12.1 Å². The third-order valence-electron chi connectivity index (χ3n) is 3.63. The van der Waals surface area contributed by atoms with E-state index in [4.69, 9.17) is 14.4 Å². The van der Waals surface area contributed by atoms with Gasteiger partial charge in [-0.1, -0.05) is 12.1 Å². The van der Waals surface area contributed by atoms with Crippen LogP contribution in [0.3, 0.4) is 0 Å². The molecule has 0 fully saturated rings. The quantitative estimate of drug-likeness (QED) is 0.717. The number of aryl methyl sites for hydroxylation is 1. The van der Waals surface area contributed by atoms with Crippen molar-refractivity contribution in [2.24, 2.45) is 0 Å². The summed E-state index contributed by atoms with van der Waals surface area (Å²) in [4.78, 5) is 14.3. The molecule has 5 heteroatoms. The SMILES string of the molecule is Cc1ccc(CN(C(=O)/C=C/c2ccc(OCC#N)cc2)C(C)C)o1. The summed E-state index contributed by atoms with van der Waals surface area (Å²) in [5.41, 5.74) is 0.884. The maximum atomic E-state index is 12.5. The normalized spacial score (nSPS) is 10.8. The Kier molecular flexibility index (Phi) is 6.41. The summed E-state index contributed by atoms with van der Waals surface area (Å²) in [6.07, 6.45) is 3.32. The van der Waals surface area contributed by atoms with E-state index in [-0.39, 0.29) is 18.6 Å². The van der Waals surface area contributed by atoms with Gasteiger partial charge in [-0.15, -0.1) is 0 Å². The zero-order chi connectivity index (χ0) is 18.2. The molecular formula is C20H22N2O3. The fraction of sp³-hybridized carbons (Fsp3) is 0.300. The molecule has 130 valence electrons. The molecule has 0 bridgehead atoms. The van der Waals surface area contributed by atoms with Crippen LogP contribution < -0.4 is 4.74 Å². The molecule has 2 aromatic rings. The molecule has 0 saturated carbocycles. The number of benzene rings is 1. The maximum Gasteiger partial charge on any atom is 0.247 e. The van der Waals surface area contributed by atoms with Gasteiger partial charge in [0.25, 0.3) is 0 Å². The Morgan fingerprint density at radius 1 is 1.28 bits per heavy atom. The molecule has 1 aromatic heterocycles. The monoisotopic (exact) mass is 338 g/mol. The molecule has 0 atom stereocenters. The van der Waals surface area contributed by atoms with E-state index in [1.807, 2.05) is 51.1 Å². The Morgan fingerprint density at radius 3 is 2.56 bits per heavy atom. The minimum absolute atomic E-state index is 0.0171. The highest BCUT2D eigenvalue weighted by Crippen LogP contribution is 2.15. The molecule has 5 nitrogen and oxygen atoms in total. The predicted octanol–water partition coefficient (Wildman–Crippen LogP) is 3.94. The lowest BCUT2D eigenvalue weighted by Crippen LogP contribution is -2.35. The van der Waals surface area contributed by atoms with Crippen molar-refractivity contribution in [3.05, 3.63) is 59.6 Å². The van der Waals surface area contributed by atoms with Crippen LogP contribution in [0.1, 0.15) is 30.9 Å². The number of hydrogen-bond donors (Lipinski definition) is 0. The number of carbonyl (C=O) groups is 1. The van der Waals surface area contributed by atoms with E-state index in [1.165, 1.54) is 0 Å². The smallest absolute Gasteiger partial charge is 0.247 e. The minimum Gasteiger partial charge on any atom is -0.479 e. The highest BCUT2D eigenvalue weighted by atomic mass is 16.5. The van der Waals surface area contributed by atoms with Gasteiger partial charge in [-0.05, 0) is 56.7 Å². The van der Waals surface area contributed by atoms with Crippen molar-refractivity contribution >= 4 is 12.0 Å². The average molecular weight is 338 g/mol. The van der Waals surface area contributed by atoms with E-state index in [2.05, 4.69) is 0 Å². The van der Waals surface area contributed by atoms with Crippen LogP contribution in [0.5, 0.6) is 5.75 Å². The fourth-order valence-corrected chi connectivity index (χ4v) is 2.31. The van der Waals surface area contributed by atoms with Crippen molar-refractivity contribution in [2.45, 2.75) is 33.4 Å². The number of hydrogen-bond acceptors (Lipinski definition) is 4. The van der Waals surface area contributed by atoms with Crippen LogP contribution in [-0.2, 0) is 11.3 Å². The first-order valence-corrected chi connectivity index (χ1v) is 8.13. The molecule has 0 aliphatic heterocycles. The van der Waals surface area contributed by atoms with Gasteiger partial charge in [0.05, 0.1) is 6.54 Å². The van der Waals surface area contributed by atoms with E-state index in [0.717, 1.165) is 17.1 Å². The summed E-state index contributed by atoms with van der Waals surface area (Å²) < 4.78 is 10.8. The number of furan rings is 1. The molecule has 0 saturated heterocycles. The van der Waals surface area contributed by atoms with Crippen molar-refractivity contribution < 1.29 is 13.9 Å². The van der Waals surface area contributed by atoms with E-state index in [9.17, 15) is 4.79 Å². The fourth-order valence-electron chi connectivity index (χ4n) is 2.31. The summed E-state index contributed by atoms with van der Waals surface area (Å²) in [7, 11) is 0. The second kappa shape index (κ2) is 8.74. The molecule has 1 aromatic carbocycles. The largest absolute Gasteiger partial charge is 0.479 e. The van der Waals surface area contributed by atoms with Gasteiger partial charge in [-0.25, -0.2) is 0 Å². The minimum atomic E-state index is -0.0751. The van der Waals surface area contributed by atoms with E-state index < -0.39 is 0 Å². The van der Waals surface area contributed by atoms with Crippen molar-refractivity contribution in [1.29, 1.82) is 5.26 Å². The lowest BCUT2D eigenvalue weighted by atomic mass is 10.2. The zero-order valence-corrected chi connectivity index (χ0v) is 14.7. The van der Waals surface area contributed by atoms with Crippen LogP contribution in [-0.4, -0.2) is 23.5 Å². The zero-order valence-electron chi connectivity index (χ0n) is 14.7. The van der Waals surface area contributed by atoms with Crippen LogP contribution in [0, 0.1) is 18.3 Å². The summed E-state index contributed by atoms with van der Waals surface area (Å²) in [6, 6.07) is 13.0. The van der Waals surface area contributed by atoms with Crippen LogP contribution in [0.4, 0.5) is 0 Å². The van der Waals surface area contributed by atoms with Crippen molar-refractivity contribution in [2.75, 3.05) is 6.61 Å². The molecule has 0 unspecified atom stereocenters. The number of rotatable bonds is 7. The number of nitrogens with zero attached hydrogens (tertiary/aromatic N) is 2. The van der Waals surface area contributed by atoms with E-state index in [0.29, 0.717) is 12.3 Å². The molecule has 2 rings (SSSR count). The highest BCUT2D eigenvalue weighted by molar-refractivity contribution is 5.91. The van der Waals surface area contributed by atoms with Crippen LogP contribution >= 0.6 is 0 Å². The van der Waals surface area contributed by atoms with Gasteiger partial charge in [0.1, 0.15) is 23.3 Å². The molecule has 0 N–H and O–H groups in total. The van der Waals surface area contributed by atoms with Crippen LogP contribution in [0.2, 0.25) is 0 Å². The van der Waals surface area contributed by atoms with Gasteiger partial charge in [-0.2, -0.15) is 5.26 Å². The lowest BCUT2D eigenvalue weighted by Gasteiger charge is -2.24. The molecular weight excluding hydrogens is 316 g/mol. The van der Waals surface area contributed by atoms with Gasteiger partial charge in [0.2, 0.25) is 5.91 Å². The Morgan fingerprint density at radius 2 is 2.00 bits per heavy atom. The molecule has 25 heavy (non-hydrogen) atoms. The number of carbonyl (C=O) groups excluding carboxylic acids is 1.